The number of halogens is 7. The molecule has 2 aromatic heterocycles. The molecule has 0 saturated heterocycles. The van der Waals surface area contributed by atoms with Crippen molar-refractivity contribution in [1.82, 2.24) is 25.2 Å². The van der Waals surface area contributed by atoms with E-state index in [1.807, 2.05) is 0 Å². The summed E-state index contributed by atoms with van der Waals surface area (Å²) >= 11 is 0. The number of tetrazole rings is 1. The summed E-state index contributed by atoms with van der Waals surface area (Å²) in [6.07, 6.45) is -2.52. The van der Waals surface area contributed by atoms with E-state index >= 15 is 8.78 Å². The van der Waals surface area contributed by atoms with E-state index in [1.54, 1.807) is 0 Å². The molecule has 0 aliphatic heterocycles. The number of hydrogen-bond acceptors (Lipinski definition) is 6. The third-order valence-corrected chi connectivity index (χ3v) is 7.11. The minimum absolute atomic E-state index is 0.0852. The fourth-order valence-electron chi connectivity index (χ4n) is 5.47. The lowest BCUT2D eigenvalue weighted by Crippen LogP contribution is -2.76. The van der Waals surface area contributed by atoms with E-state index in [4.69, 9.17) is 0 Å². The molecule has 0 radical (unpaired) electrons. The van der Waals surface area contributed by atoms with Gasteiger partial charge >= 0.3 is 6.18 Å². The van der Waals surface area contributed by atoms with Crippen LogP contribution < -0.4 is 4.74 Å². The highest BCUT2D eigenvalue weighted by molar-refractivity contribution is 5.42. The van der Waals surface area contributed by atoms with Crippen LogP contribution >= 0.6 is 0 Å². The second kappa shape index (κ2) is 7.85. The van der Waals surface area contributed by atoms with E-state index < -0.39 is 58.9 Å². The van der Waals surface area contributed by atoms with E-state index in [1.165, 1.54) is 18.3 Å². The molecule has 3 aromatic rings. The van der Waals surface area contributed by atoms with Gasteiger partial charge in [-0.1, -0.05) is 6.07 Å². The molecule has 3 aliphatic rings. The zero-order valence-corrected chi connectivity index (χ0v) is 18.3. The lowest BCUT2D eigenvalue weighted by molar-refractivity contribution is -0.347. The van der Waals surface area contributed by atoms with Crippen molar-refractivity contribution in [2.24, 2.45) is 5.41 Å². The highest BCUT2D eigenvalue weighted by atomic mass is 19.4. The van der Waals surface area contributed by atoms with Crippen molar-refractivity contribution >= 4 is 0 Å². The van der Waals surface area contributed by atoms with E-state index in [-0.39, 0.29) is 25.1 Å². The largest absolute Gasteiger partial charge is 0.468 e. The molecular formula is C22H18F7N5O2. The van der Waals surface area contributed by atoms with E-state index in [9.17, 15) is 27.1 Å². The van der Waals surface area contributed by atoms with E-state index in [2.05, 4.69) is 25.2 Å². The summed E-state index contributed by atoms with van der Waals surface area (Å²) < 4.78 is 103. The van der Waals surface area contributed by atoms with Gasteiger partial charge in [0.25, 0.3) is 5.92 Å². The summed E-state index contributed by atoms with van der Waals surface area (Å²) in [7, 11) is 0. The zero-order chi connectivity index (χ0) is 26.0. The molecule has 3 fully saturated rings. The topological polar surface area (TPSA) is 86.0 Å². The maximum Gasteiger partial charge on any atom is 0.422 e. The van der Waals surface area contributed by atoms with Crippen molar-refractivity contribution in [2.45, 2.75) is 48.9 Å². The number of rotatable bonds is 8. The first kappa shape index (κ1) is 24.4. The van der Waals surface area contributed by atoms with Gasteiger partial charge < -0.3 is 9.84 Å². The van der Waals surface area contributed by atoms with Gasteiger partial charge in [-0.3, -0.25) is 0 Å². The van der Waals surface area contributed by atoms with Crippen LogP contribution in [0.2, 0.25) is 0 Å². The molecule has 192 valence electrons. The maximum absolute atomic E-state index is 16.1. The molecule has 14 heteroatoms. The molecule has 1 N–H and O–H groups in total. The molecule has 0 spiro atoms. The number of benzene rings is 1. The molecule has 7 nitrogen and oxygen atoms in total. The highest BCUT2D eigenvalue weighted by Gasteiger charge is 2.82. The van der Waals surface area contributed by atoms with Gasteiger partial charge in [0.05, 0.1) is 6.54 Å². The Morgan fingerprint density at radius 2 is 1.75 bits per heavy atom. The van der Waals surface area contributed by atoms with Crippen molar-refractivity contribution < 1.29 is 40.6 Å². The molecule has 2 heterocycles. The Kier molecular flexibility index (Phi) is 5.32. The van der Waals surface area contributed by atoms with Crippen molar-refractivity contribution in [2.75, 3.05) is 6.61 Å². The van der Waals surface area contributed by atoms with Crippen LogP contribution in [0, 0.1) is 17.0 Å². The fraction of sp³-hybridized carbons (Fsp3) is 0.455. The second-order valence-corrected chi connectivity index (χ2v) is 9.45. The van der Waals surface area contributed by atoms with E-state index in [0.717, 1.165) is 23.1 Å². The van der Waals surface area contributed by atoms with Gasteiger partial charge in [0.1, 0.15) is 18.0 Å². The standard InChI is InChI=1S/C22H18F7N5O2/c23-14-2-3-15(16(24)5-14)20(35,10-34-12-31-32-33-34)22(28,29)19-7-18(8-19,9-19)13-1-4-17(30-6-13)36-11-21(25,26)27/h1-6,12,35H,7-11H2/t18?,19?,20-/m0/s1. The zero-order valence-electron chi connectivity index (χ0n) is 18.3. The van der Waals surface area contributed by atoms with Crippen molar-refractivity contribution in [3.05, 3.63) is 65.6 Å². The second-order valence-electron chi connectivity index (χ2n) is 9.45. The van der Waals surface area contributed by atoms with Gasteiger partial charge in [-0.25, -0.2) is 27.2 Å². The minimum atomic E-state index is -4.53. The van der Waals surface area contributed by atoms with Gasteiger partial charge in [0.2, 0.25) is 5.88 Å². The Bertz CT molecular complexity index is 1250. The van der Waals surface area contributed by atoms with Crippen LogP contribution in [0.15, 0.2) is 42.9 Å². The molecule has 2 bridgehead atoms. The quantitative estimate of drug-likeness (QED) is 0.456. The molecule has 1 aromatic carbocycles. The number of aliphatic hydroxyl groups is 1. The van der Waals surface area contributed by atoms with Crippen molar-refractivity contribution in [1.29, 1.82) is 0 Å². The first-order chi connectivity index (χ1) is 16.8. The Morgan fingerprint density at radius 3 is 2.31 bits per heavy atom. The Morgan fingerprint density at radius 1 is 1.03 bits per heavy atom. The van der Waals surface area contributed by atoms with Crippen LogP contribution in [0.1, 0.15) is 30.4 Å². The number of alkyl halides is 5. The van der Waals surface area contributed by atoms with Crippen molar-refractivity contribution in [3.63, 3.8) is 0 Å². The predicted molar refractivity (Wildman–Crippen MR) is 107 cm³/mol. The van der Waals surface area contributed by atoms with Crippen LogP contribution in [0.3, 0.4) is 0 Å². The molecule has 0 unspecified atom stereocenters. The summed E-state index contributed by atoms with van der Waals surface area (Å²) in [5, 5.41) is 21.6. The van der Waals surface area contributed by atoms with Gasteiger partial charge in [-0.15, -0.1) is 5.10 Å². The summed E-state index contributed by atoms with van der Waals surface area (Å²) in [6, 6.07) is 4.65. The fourth-order valence-corrected chi connectivity index (χ4v) is 5.47. The average molecular weight is 517 g/mol. The van der Waals surface area contributed by atoms with Crippen LogP contribution in [-0.4, -0.2) is 49.0 Å². The number of pyridine rings is 1. The van der Waals surface area contributed by atoms with Crippen LogP contribution in [0.5, 0.6) is 5.88 Å². The SMILES string of the molecule is O[C@@](Cn1cnnn1)(c1ccc(F)cc1F)C(F)(F)C12CC(c3ccc(OCC(F)(F)F)nc3)(C1)C2. The van der Waals surface area contributed by atoms with Gasteiger partial charge in [-0.05, 0) is 52.8 Å². The lowest BCUT2D eigenvalue weighted by atomic mass is 9.30. The number of ether oxygens (including phenoxy) is 1. The van der Waals surface area contributed by atoms with E-state index in [0.29, 0.717) is 11.6 Å². The normalized spacial score (nSPS) is 25.0. The molecule has 1 atom stereocenters. The van der Waals surface area contributed by atoms with Crippen molar-refractivity contribution in [3.8, 4) is 5.88 Å². The third kappa shape index (κ3) is 3.69. The number of hydrogen-bond donors (Lipinski definition) is 1. The number of nitrogens with zero attached hydrogens (tertiary/aromatic N) is 5. The first-order valence-corrected chi connectivity index (χ1v) is 10.7. The van der Waals surface area contributed by atoms with Gasteiger partial charge in [-0.2, -0.15) is 13.2 Å². The lowest BCUT2D eigenvalue weighted by Gasteiger charge is -2.74. The summed E-state index contributed by atoms with van der Waals surface area (Å²) in [6.45, 7) is -2.41. The summed E-state index contributed by atoms with van der Waals surface area (Å²) in [5.41, 5.74) is -5.79. The smallest absolute Gasteiger partial charge is 0.422 e. The number of aromatic nitrogens is 5. The van der Waals surface area contributed by atoms with Crippen LogP contribution in [0.25, 0.3) is 0 Å². The summed E-state index contributed by atoms with van der Waals surface area (Å²) in [5.74, 6) is -6.49. The van der Waals surface area contributed by atoms with Gasteiger partial charge in [0, 0.05) is 29.3 Å². The first-order valence-electron chi connectivity index (χ1n) is 10.7. The summed E-state index contributed by atoms with van der Waals surface area (Å²) in [4.78, 5) is 3.84. The molecule has 3 aliphatic carbocycles. The molecule has 36 heavy (non-hydrogen) atoms. The Labute approximate surface area is 198 Å². The van der Waals surface area contributed by atoms with Crippen LogP contribution in [-0.2, 0) is 17.6 Å². The predicted octanol–water partition coefficient (Wildman–Crippen LogP) is 3.93. The Hall–Kier alpha value is -3.29. The molecule has 0 amide bonds. The van der Waals surface area contributed by atoms with Crippen LogP contribution in [0.4, 0.5) is 30.7 Å². The highest BCUT2D eigenvalue weighted by Crippen LogP contribution is 2.80. The Balaban J connectivity index is 1.39. The molecule has 3 saturated carbocycles. The maximum atomic E-state index is 16.1. The molecular weight excluding hydrogens is 499 g/mol. The molecule has 6 rings (SSSR count). The minimum Gasteiger partial charge on any atom is -0.468 e. The average Bonchev–Trinajstić information content (AvgIpc) is 3.23. The monoisotopic (exact) mass is 517 g/mol. The third-order valence-electron chi connectivity index (χ3n) is 7.11. The van der Waals surface area contributed by atoms with Gasteiger partial charge in [0.15, 0.2) is 12.2 Å².